The maximum absolute atomic E-state index is 12.1. The van der Waals surface area contributed by atoms with Crippen LogP contribution < -0.4 is 0 Å². The Kier molecular flexibility index (Phi) is 4.98. The third kappa shape index (κ3) is 5.88. The average Bonchev–Trinajstić information content (AvgIpc) is 2.98. The van der Waals surface area contributed by atoms with Crippen LogP contribution in [0, 0.1) is 5.92 Å². The summed E-state index contributed by atoms with van der Waals surface area (Å²) in [7, 11) is 0. The lowest BCUT2D eigenvalue weighted by Crippen LogP contribution is -2.39. The Labute approximate surface area is 103 Å². The first-order valence-corrected chi connectivity index (χ1v) is 5.82. The molecule has 0 aromatic carbocycles. The van der Waals surface area contributed by atoms with Crippen LogP contribution in [0.4, 0.5) is 13.2 Å². The van der Waals surface area contributed by atoms with Gasteiger partial charge < -0.3 is 9.64 Å². The average molecular weight is 267 g/mol. The number of carbonyl (C=O) groups is 2. The summed E-state index contributed by atoms with van der Waals surface area (Å²) in [6, 6.07) is 0. The van der Waals surface area contributed by atoms with Crippen molar-refractivity contribution < 1.29 is 27.5 Å². The molecule has 0 bridgehead atoms. The monoisotopic (exact) mass is 267 g/mol. The van der Waals surface area contributed by atoms with Crippen LogP contribution in [0.25, 0.3) is 0 Å². The van der Waals surface area contributed by atoms with Gasteiger partial charge in [0, 0.05) is 6.54 Å². The van der Waals surface area contributed by atoms with E-state index in [9.17, 15) is 22.8 Å². The lowest BCUT2D eigenvalue weighted by Gasteiger charge is -2.22. The first-order valence-electron chi connectivity index (χ1n) is 5.82. The van der Waals surface area contributed by atoms with E-state index in [1.165, 1.54) is 0 Å². The van der Waals surface area contributed by atoms with Crippen LogP contribution in [-0.4, -0.2) is 42.6 Å². The number of carbonyl (C=O) groups excluding carboxylic acids is 2. The molecule has 0 saturated heterocycles. The molecule has 1 fully saturated rings. The van der Waals surface area contributed by atoms with Crippen molar-refractivity contribution in [1.82, 2.24) is 4.90 Å². The number of halogens is 3. The number of rotatable bonds is 6. The van der Waals surface area contributed by atoms with Gasteiger partial charge >= 0.3 is 12.1 Å². The van der Waals surface area contributed by atoms with Gasteiger partial charge in [0.15, 0.2) is 0 Å². The standard InChI is InChI=1S/C11H16F3NO3/c1-2-18-10(17)7-15(6-8-3-4-8)9(16)5-11(12,13)14/h8H,2-7H2,1H3. The molecule has 0 spiro atoms. The van der Waals surface area contributed by atoms with Gasteiger partial charge in [-0.3, -0.25) is 9.59 Å². The number of hydrogen-bond donors (Lipinski definition) is 0. The summed E-state index contributed by atoms with van der Waals surface area (Å²) in [5.74, 6) is -1.52. The molecule has 1 amide bonds. The first-order chi connectivity index (χ1) is 8.31. The van der Waals surface area contributed by atoms with Gasteiger partial charge in [-0.1, -0.05) is 0 Å². The molecule has 0 aliphatic heterocycles. The highest BCUT2D eigenvalue weighted by Crippen LogP contribution is 2.30. The molecule has 0 unspecified atom stereocenters. The highest BCUT2D eigenvalue weighted by Gasteiger charge is 2.36. The minimum absolute atomic E-state index is 0.142. The van der Waals surface area contributed by atoms with Crippen LogP contribution in [-0.2, 0) is 14.3 Å². The van der Waals surface area contributed by atoms with Crippen molar-refractivity contribution in [3.8, 4) is 0 Å². The molecule has 0 N–H and O–H groups in total. The molecule has 0 atom stereocenters. The van der Waals surface area contributed by atoms with Crippen LogP contribution in [0.3, 0.4) is 0 Å². The number of hydrogen-bond acceptors (Lipinski definition) is 3. The Bertz CT molecular complexity index is 313. The zero-order valence-corrected chi connectivity index (χ0v) is 10.1. The molecule has 0 aromatic heterocycles. The topological polar surface area (TPSA) is 46.6 Å². The zero-order chi connectivity index (χ0) is 13.8. The summed E-state index contributed by atoms with van der Waals surface area (Å²) >= 11 is 0. The number of nitrogens with zero attached hydrogens (tertiary/aromatic N) is 1. The molecule has 1 aliphatic rings. The lowest BCUT2D eigenvalue weighted by atomic mass is 10.3. The predicted molar refractivity (Wildman–Crippen MR) is 56.6 cm³/mol. The van der Waals surface area contributed by atoms with E-state index in [0.717, 1.165) is 17.7 Å². The number of esters is 1. The highest BCUT2D eigenvalue weighted by atomic mass is 19.4. The van der Waals surface area contributed by atoms with E-state index >= 15 is 0 Å². The van der Waals surface area contributed by atoms with Gasteiger partial charge in [0.1, 0.15) is 13.0 Å². The van der Waals surface area contributed by atoms with Crippen LogP contribution >= 0.6 is 0 Å². The largest absolute Gasteiger partial charge is 0.465 e. The van der Waals surface area contributed by atoms with Crippen molar-refractivity contribution in [2.24, 2.45) is 5.92 Å². The Balaban J connectivity index is 2.53. The summed E-state index contributed by atoms with van der Waals surface area (Å²) in [6.07, 6.45) is -4.30. The zero-order valence-electron chi connectivity index (χ0n) is 10.1. The smallest absolute Gasteiger partial charge is 0.397 e. The first kappa shape index (κ1) is 14.8. The quantitative estimate of drug-likeness (QED) is 0.689. The van der Waals surface area contributed by atoms with Crippen molar-refractivity contribution in [3.63, 3.8) is 0 Å². The van der Waals surface area contributed by atoms with Gasteiger partial charge in [-0.05, 0) is 25.7 Å². The van der Waals surface area contributed by atoms with Crippen molar-refractivity contribution in [2.45, 2.75) is 32.4 Å². The molecule has 104 valence electrons. The highest BCUT2D eigenvalue weighted by molar-refractivity contribution is 5.82. The third-order valence-corrected chi connectivity index (χ3v) is 2.51. The molecule has 4 nitrogen and oxygen atoms in total. The van der Waals surface area contributed by atoms with Crippen molar-refractivity contribution in [3.05, 3.63) is 0 Å². The Hall–Kier alpha value is -1.27. The maximum atomic E-state index is 12.1. The van der Waals surface area contributed by atoms with Gasteiger partial charge in [0.25, 0.3) is 0 Å². The molecule has 0 radical (unpaired) electrons. The lowest BCUT2D eigenvalue weighted by molar-refractivity contribution is -0.165. The van der Waals surface area contributed by atoms with E-state index in [1.807, 2.05) is 0 Å². The summed E-state index contributed by atoms with van der Waals surface area (Å²) in [5.41, 5.74) is 0. The molecule has 0 aromatic rings. The fourth-order valence-corrected chi connectivity index (χ4v) is 1.51. The van der Waals surface area contributed by atoms with Crippen LogP contribution in [0.5, 0.6) is 0 Å². The van der Waals surface area contributed by atoms with Gasteiger partial charge in [-0.15, -0.1) is 0 Å². The number of alkyl halides is 3. The van der Waals surface area contributed by atoms with Crippen LogP contribution in [0.2, 0.25) is 0 Å². The molecule has 1 saturated carbocycles. The van der Waals surface area contributed by atoms with Gasteiger partial charge in [-0.25, -0.2) is 0 Å². The minimum atomic E-state index is -4.55. The normalized spacial score (nSPS) is 15.3. The summed E-state index contributed by atoms with van der Waals surface area (Å²) in [4.78, 5) is 23.6. The van der Waals surface area contributed by atoms with Crippen molar-refractivity contribution >= 4 is 11.9 Å². The molecular weight excluding hydrogens is 251 g/mol. The summed E-state index contributed by atoms with van der Waals surface area (Å²) < 4.78 is 41.1. The fourth-order valence-electron chi connectivity index (χ4n) is 1.51. The maximum Gasteiger partial charge on any atom is 0.397 e. The van der Waals surface area contributed by atoms with Gasteiger partial charge in [0.2, 0.25) is 5.91 Å². The minimum Gasteiger partial charge on any atom is -0.465 e. The molecule has 0 heterocycles. The second kappa shape index (κ2) is 6.06. The second-order valence-electron chi connectivity index (χ2n) is 4.31. The van der Waals surface area contributed by atoms with E-state index in [-0.39, 0.29) is 19.1 Å². The summed E-state index contributed by atoms with van der Waals surface area (Å²) in [5, 5.41) is 0. The Morgan fingerprint density at radius 2 is 1.94 bits per heavy atom. The predicted octanol–water partition coefficient (Wildman–Crippen LogP) is 1.74. The molecule has 7 heteroatoms. The van der Waals surface area contributed by atoms with E-state index < -0.39 is 31.0 Å². The molecular formula is C11H16F3NO3. The molecule has 18 heavy (non-hydrogen) atoms. The van der Waals surface area contributed by atoms with Crippen molar-refractivity contribution in [2.75, 3.05) is 19.7 Å². The van der Waals surface area contributed by atoms with Crippen LogP contribution in [0.15, 0.2) is 0 Å². The second-order valence-corrected chi connectivity index (χ2v) is 4.31. The number of amides is 1. The molecule has 1 aliphatic carbocycles. The Morgan fingerprint density at radius 1 is 1.33 bits per heavy atom. The van der Waals surface area contributed by atoms with E-state index in [0.29, 0.717) is 0 Å². The van der Waals surface area contributed by atoms with Crippen LogP contribution in [0.1, 0.15) is 26.2 Å². The fraction of sp³-hybridized carbons (Fsp3) is 0.818. The number of ether oxygens (including phenoxy) is 1. The van der Waals surface area contributed by atoms with E-state index in [4.69, 9.17) is 0 Å². The van der Waals surface area contributed by atoms with Gasteiger partial charge in [-0.2, -0.15) is 13.2 Å². The SMILES string of the molecule is CCOC(=O)CN(CC1CC1)C(=O)CC(F)(F)F. The van der Waals surface area contributed by atoms with E-state index in [1.54, 1.807) is 6.92 Å². The van der Waals surface area contributed by atoms with E-state index in [2.05, 4.69) is 4.74 Å². The molecule has 1 rings (SSSR count). The summed E-state index contributed by atoms with van der Waals surface area (Å²) in [6.45, 7) is 1.54. The van der Waals surface area contributed by atoms with Gasteiger partial charge in [0.05, 0.1) is 6.61 Å². The third-order valence-electron chi connectivity index (χ3n) is 2.51. The van der Waals surface area contributed by atoms with Crippen molar-refractivity contribution in [1.29, 1.82) is 0 Å². The Morgan fingerprint density at radius 3 is 2.39 bits per heavy atom.